The monoisotopic (exact) mass is 433 g/mol. The molecule has 0 saturated heterocycles. The average molecular weight is 433 g/mol. The van der Waals surface area contributed by atoms with Crippen LogP contribution in [0.3, 0.4) is 0 Å². The number of hydrogen-bond donors (Lipinski definition) is 1. The number of aliphatic hydroxyl groups is 1. The molecule has 4 aromatic rings. The highest BCUT2D eigenvalue weighted by Gasteiger charge is 2.58. The number of aromatic nitrogens is 5. The van der Waals surface area contributed by atoms with E-state index in [0.717, 1.165) is 29.5 Å². The summed E-state index contributed by atoms with van der Waals surface area (Å²) in [5, 5.41) is 18.7. The van der Waals surface area contributed by atoms with Crippen molar-refractivity contribution in [1.29, 1.82) is 0 Å². The van der Waals surface area contributed by atoms with Gasteiger partial charge in [-0.05, 0) is 42.5 Å². The van der Waals surface area contributed by atoms with Gasteiger partial charge >= 0.3 is 6.11 Å². The molecular formula is C20H15F4N5O2. The molecule has 0 aliphatic carbocycles. The zero-order valence-corrected chi connectivity index (χ0v) is 15.7. The third kappa shape index (κ3) is 3.99. The van der Waals surface area contributed by atoms with Gasteiger partial charge in [0.15, 0.2) is 0 Å². The van der Waals surface area contributed by atoms with Crippen molar-refractivity contribution in [3.63, 3.8) is 0 Å². The summed E-state index contributed by atoms with van der Waals surface area (Å²) in [4.78, 5) is 3.63. The molecule has 2 aromatic carbocycles. The molecule has 0 spiro atoms. The van der Waals surface area contributed by atoms with Crippen molar-refractivity contribution in [2.24, 2.45) is 0 Å². The molecule has 7 nitrogen and oxygen atoms in total. The van der Waals surface area contributed by atoms with Crippen LogP contribution in [0.15, 0.2) is 73.6 Å². The minimum atomic E-state index is -4.34. The van der Waals surface area contributed by atoms with E-state index in [1.807, 2.05) is 0 Å². The number of rotatable bonds is 7. The minimum absolute atomic E-state index is 0.291. The van der Waals surface area contributed by atoms with Crippen LogP contribution < -0.4 is 4.74 Å². The summed E-state index contributed by atoms with van der Waals surface area (Å²) in [5.74, 6) is -2.64. The van der Waals surface area contributed by atoms with Gasteiger partial charge in [-0.25, -0.2) is 23.1 Å². The molecule has 4 rings (SSSR count). The van der Waals surface area contributed by atoms with Gasteiger partial charge in [0.25, 0.3) is 0 Å². The fourth-order valence-corrected chi connectivity index (χ4v) is 3.03. The smallest absolute Gasteiger partial charge is 0.430 e. The van der Waals surface area contributed by atoms with Gasteiger partial charge in [0.1, 0.15) is 30.0 Å². The van der Waals surface area contributed by atoms with Crippen LogP contribution in [0.1, 0.15) is 5.56 Å². The Bertz CT molecular complexity index is 1150. The Kier molecular flexibility index (Phi) is 5.19. The fourth-order valence-electron chi connectivity index (χ4n) is 3.03. The highest BCUT2D eigenvalue weighted by molar-refractivity contribution is 5.37. The second kappa shape index (κ2) is 7.84. The van der Waals surface area contributed by atoms with E-state index in [-0.39, 0.29) is 5.75 Å². The molecule has 31 heavy (non-hydrogen) atoms. The third-order valence-electron chi connectivity index (χ3n) is 4.57. The van der Waals surface area contributed by atoms with Crippen molar-refractivity contribution < 1.29 is 27.4 Å². The Morgan fingerprint density at radius 3 is 2.42 bits per heavy atom. The maximum atomic E-state index is 15.3. The lowest BCUT2D eigenvalue weighted by molar-refractivity contribution is -0.301. The molecule has 0 amide bonds. The predicted molar refractivity (Wildman–Crippen MR) is 99.4 cm³/mol. The lowest BCUT2D eigenvalue weighted by Crippen LogP contribution is -2.52. The molecule has 160 valence electrons. The maximum Gasteiger partial charge on any atom is 0.433 e. The zero-order chi connectivity index (χ0) is 22.1. The quantitative estimate of drug-likeness (QED) is 0.453. The van der Waals surface area contributed by atoms with Gasteiger partial charge in [0.2, 0.25) is 5.60 Å². The molecule has 2 aromatic heterocycles. The topological polar surface area (TPSA) is 78.0 Å². The lowest BCUT2D eigenvalue weighted by Gasteiger charge is -2.35. The van der Waals surface area contributed by atoms with Gasteiger partial charge < -0.3 is 9.84 Å². The van der Waals surface area contributed by atoms with E-state index in [0.29, 0.717) is 11.8 Å². The molecule has 0 saturated carbocycles. The molecule has 0 aliphatic heterocycles. The van der Waals surface area contributed by atoms with E-state index >= 15 is 8.78 Å². The Labute approximate surface area is 173 Å². The largest absolute Gasteiger partial charge is 0.433 e. The van der Waals surface area contributed by atoms with Crippen LogP contribution in [0.4, 0.5) is 17.6 Å². The number of ether oxygens (including phenoxy) is 1. The lowest BCUT2D eigenvalue weighted by atomic mass is 9.91. The predicted octanol–water partition coefficient (Wildman–Crippen LogP) is 3.30. The summed E-state index contributed by atoms with van der Waals surface area (Å²) >= 11 is 0. The van der Waals surface area contributed by atoms with Gasteiger partial charge in [0.05, 0.1) is 12.2 Å². The van der Waals surface area contributed by atoms with Crippen molar-refractivity contribution in [1.82, 2.24) is 24.5 Å². The van der Waals surface area contributed by atoms with Crippen LogP contribution in [0, 0.1) is 11.6 Å². The fraction of sp³-hybridized carbons (Fsp3) is 0.150. The number of halogens is 4. The van der Waals surface area contributed by atoms with Gasteiger partial charge in [-0.1, -0.05) is 0 Å². The highest BCUT2D eigenvalue weighted by atomic mass is 19.3. The molecule has 0 aliphatic rings. The van der Waals surface area contributed by atoms with E-state index in [1.54, 1.807) is 18.5 Å². The van der Waals surface area contributed by atoms with Crippen LogP contribution >= 0.6 is 0 Å². The molecule has 2 heterocycles. The van der Waals surface area contributed by atoms with E-state index in [4.69, 9.17) is 4.74 Å². The van der Waals surface area contributed by atoms with Crippen molar-refractivity contribution in [2.45, 2.75) is 18.3 Å². The van der Waals surface area contributed by atoms with E-state index in [9.17, 15) is 13.9 Å². The van der Waals surface area contributed by atoms with Gasteiger partial charge in [-0.3, -0.25) is 0 Å². The number of nitrogens with zero attached hydrogens (tertiary/aromatic N) is 5. The summed E-state index contributed by atoms with van der Waals surface area (Å²) < 4.78 is 65.5. The second-order valence-electron chi connectivity index (χ2n) is 6.64. The Morgan fingerprint density at radius 2 is 1.81 bits per heavy atom. The van der Waals surface area contributed by atoms with Gasteiger partial charge in [-0.15, -0.1) is 0 Å². The molecule has 1 unspecified atom stereocenters. The molecule has 0 radical (unpaired) electrons. The first-order valence-corrected chi connectivity index (χ1v) is 8.96. The molecule has 0 bridgehead atoms. The summed E-state index contributed by atoms with van der Waals surface area (Å²) in [6, 6.07) is 9.06. The maximum absolute atomic E-state index is 15.3. The number of benzene rings is 2. The molecule has 1 atom stereocenters. The first kappa shape index (κ1) is 20.5. The summed E-state index contributed by atoms with van der Waals surface area (Å²) in [6.45, 7) is -0.909. The van der Waals surface area contributed by atoms with Gasteiger partial charge in [0, 0.05) is 24.0 Å². The third-order valence-corrected chi connectivity index (χ3v) is 4.57. The molecule has 11 heteroatoms. The summed E-state index contributed by atoms with van der Waals surface area (Å²) in [5.41, 5.74) is -3.51. The first-order chi connectivity index (χ1) is 14.8. The first-order valence-electron chi connectivity index (χ1n) is 8.96. The van der Waals surface area contributed by atoms with Crippen molar-refractivity contribution in [3.8, 4) is 11.4 Å². The average Bonchev–Trinajstić information content (AvgIpc) is 3.42. The van der Waals surface area contributed by atoms with Crippen LogP contribution in [-0.2, 0) is 12.1 Å². The molecule has 0 fully saturated rings. The SMILES string of the molecule is OC(Cn1cncn1)(c1ccc(F)cc1F)C(F)(F)Oc1ccc(-n2cccn2)cc1. The van der Waals surface area contributed by atoms with Crippen LogP contribution in [0.5, 0.6) is 5.75 Å². The molecular weight excluding hydrogens is 418 g/mol. The minimum Gasteiger partial charge on any atom is -0.430 e. The summed E-state index contributed by atoms with van der Waals surface area (Å²) in [7, 11) is 0. The second-order valence-corrected chi connectivity index (χ2v) is 6.64. The van der Waals surface area contributed by atoms with Crippen molar-refractivity contribution >= 4 is 0 Å². The summed E-state index contributed by atoms with van der Waals surface area (Å²) in [6.07, 6.45) is 1.01. The van der Waals surface area contributed by atoms with Crippen LogP contribution in [0.2, 0.25) is 0 Å². The van der Waals surface area contributed by atoms with E-state index in [2.05, 4.69) is 15.2 Å². The number of hydrogen-bond acceptors (Lipinski definition) is 5. The number of alkyl halides is 2. The zero-order valence-electron chi connectivity index (χ0n) is 15.7. The van der Waals surface area contributed by atoms with Crippen molar-refractivity contribution in [3.05, 3.63) is 90.8 Å². The normalized spacial score (nSPS) is 13.7. The molecule has 1 N–H and O–H groups in total. The highest BCUT2D eigenvalue weighted by Crippen LogP contribution is 2.42. The Hall–Kier alpha value is -3.73. The Morgan fingerprint density at radius 1 is 1.03 bits per heavy atom. The van der Waals surface area contributed by atoms with E-state index < -0.39 is 35.5 Å². The van der Waals surface area contributed by atoms with Gasteiger partial charge in [-0.2, -0.15) is 19.0 Å². The van der Waals surface area contributed by atoms with E-state index in [1.165, 1.54) is 28.9 Å². The Balaban J connectivity index is 1.69. The van der Waals surface area contributed by atoms with Crippen molar-refractivity contribution in [2.75, 3.05) is 0 Å². The van der Waals surface area contributed by atoms with Crippen LogP contribution in [-0.4, -0.2) is 35.8 Å². The standard InChI is InChI=1S/C20H15F4N5O2/c21-14-2-7-17(18(22)10-14)19(30,11-28-13-25-12-27-28)20(23,24)31-16-5-3-15(4-6-16)29-9-1-8-26-29/h1-10,12-13,30H,11H2. The van der Waals surface area contributed by atoms with Crippen LogP contribution in [0.25, 0.3) is 5.69 Å².